The summed E-state index contributed by atoms with van der Waals surface area (Å²) >= 11 is 1.49. The molecule has 0 atom stereocenters. The molecule has 0 fully saturated rings. The van der Waals surface area contributed by atoms with Crippen molar-refractivity contribution in [2.45, 2.75) is 6.92 Å². The Morgan fingerprint density at radius 1 is 1.77 bits per heavy atom. The summed E-state index contributed by atoms with van der Waals surface area (Å²) in [6.07, 6.45) is 1.30. The van der Waals surface area contributed by atoms with E-state index < -0.39 is 5.97 Å². The monoisotopic (exact) mass is 197 g/mol. The molecule has 0 aliphatic heterocycles. The molecule has 0 spiro atoms. The van der Waals surface area contributed by atoms with Crippen molar-refractivity contribution in [2.24, 2.45) is 5.73 Å². The number of carbonyl (C=O) groups excluding carboxylic acids is 1. The van der Waals surface area contributed by atoms with E-state index in [2.05, 4.69) is 0 Å². The first-order valence-electron chi connectivity index (χ1n) is 3.92. The number of rotatable bonds is 3. The lowest BCUT2D eigenvalue weighted by atomic mass is 10.3. The van der Waals surface area contributed by atoms with Crippen molar-refractivity contribution in [1.82, 2.24) is 0 Å². The average Bonchev–Trinajstić information content (AvgIpc) is 2.55. The van der Waals surface area contributed by atoms with Gasteiger partial charge in [0.25, 0.3) is 0 Å². The highest BCUT2D eigenvalue weighted by atomic mass is 32.1. The van der Waals surface area contributed by atoms with Gasteiger partial charge in [0.15, 0.2) is 0 Å². The maximum absolute atomic E-state index is 11.0. The van der Waals surface area contributed by atoms with Crippen LogP contribution >= 0.6 is 11.3 Å². The highest BCUT2D eigenvalue weighted by Gasteiger charge is 2.01. The minimum atomic E-state index is -0.395. The maximum atomic E-state index is 11.0. The summed E-state index contributed by atoms with van der Waals surface area (Å²) in [6, 6.07) is 3.74. The van der Waals surface area contributed by atoms with Gasteiger partial charge in [0, 0.05) is 6.08 Å². The van der Waals surface area contributed by atoms with Crippen molar-refractivity contribution in [3.8, 4) is 0 Å². The molecule has 70 valence electrons. The topological polar surface area (TPSA) is 52.3 Å². The molecule has 0 saturated carbocycles. The van der Waals surface area contributed by atoms with Crippen LogP contribution in [0, 0.1) is 0 Å². The fourth-order valence-corrected chi connectivity index (χ4v) is 1.48. The molecule has 1 aromatic rings. The van der Waals surface area contributed by atoms with E-state index in [0.717, 1.165) is 4.88 Å². The first kappa shape index (κ1) is 9.80. The summed E-state index contributed by atoms with van der Waals surface area (Å²) < 4.78 is 4.72. The van der Waals surface area contributed by atoms with E-state index in [4.69, 9.17) is 10.5 Å². The van der Waals surface area contributed by atoms with Crippen LogP contribution in [0.3, 0.4) is 0 Å². The molecule has 0 radical (unpaired) electrons. The predicted octanol–water partition coefficient (Wildman–Crippen LogP) is 1.61. The van der Waals surface area contributed by atoms with Crippen LogP contribution in [0.1, 0.15) is 11.8 Å². The third-order valence-electron chi connectivity index (χ3n) is 1.37. The molecule has 0 bridgehead atoms. The zero-order valence-electron chi connectivity index (χ0n) is 7.32. The van der Waals surface area contributed by atoms with Gasteiger partial charge in [0.2, 0.25) is 0 Å². The lowest BCUT2D eigenvalue weighted by molar-refractivity contribution is -0.137. The molecule has 0 unspecified atom stereocenters. The van der Waals surface area contributed by atoms with Crippen LogP contribution in [-0.4, -0.2) is 12.6 Å². The second kappa shape index (κ2) is 4.67. The number of hydrogen-bond acceptors (Lipinski definition) is 4. The van der Waals surface area contributed by atoms with Gasteiger partial charge in [-0.05, 0) is 18.4 Å². The van der Waals surface area contributed by atoms with Crippen LogP contribution in [0.25, 0.3) is 5.70 Å². The van der Waals surface area contributed by atoms with Crippen molar-refractivity contribution < 1.29 is 9.53 Å². The molecule has 13 heavy (non-hydrogen) atoms. The smallest absolute Gasteiger partial charge is 0.332 e. The molecule has 1 aromatic heterocycles. The molecule has 3 nitrogen and oxygen atoms in total. The highest BCUT2D eigenvalue weighted by Crippen LogP contribution is 2.15. The van der Waals surface area contributed by atoms with E-state index in [-0.39, 0.29) is 0 Å². The van der Waals surface area contributed by atoms with E-state index in [0.29, 0.717) is 12.3 Å². The van der Waals surface area contributed by atoms with Gasteiger partial charge in [-0.15, -0.1) is 11.3 Å². The van der Waals surface area contributed by atoms with Gasteiger partial charge in [-0.1, -0.05) is 6.07 Å². The summed E-state index contributed by atoms with van der Waals surface area (Å²) in [5, 5.41) is 1.90. The summed E-state index contributed by atoms with van der Waals surface area (Å²) in [6.45, 7) is 2.13. The number of carbonyl (C=O) groups is 1. The molecule has 0 aliphatic rings. The van der Waals surface area contributed by atoms with Crippen molar-refractivity contribution in [1.29, 1.82) is 0 Å². The molecular weight excluding hydrogens is 186 g/mol. The third kappa shape index (κ3) is 2.91. The van der Waals surface area contributed by atoms with Crippen molar-refractivity contribution in [2.75, 3.05) is 6.61 Å². The van der Waals surface area contributed by atoms with Crippen LogP contribution in [0.2, 0.25) is 0 Å². The van der Waals surface area contributed by atoms with Gasteiger partial charge in [-0.25, -0.2) is 4.79 Å². The number of nitrogens with two attached hydrogens (primary N) is 1. The number of ether oxygens (including phenoxy) is 1. The van der Waals surface area contributed by atoms with Crippen molar-refractivity contribution in [3.63, 3.8) is 0 Å². The van der Waals surface area contributed by atoms with Gasteiger partial charge in [-0.2, -0.15) is 0 Å². The minimum absolute atomic E-state index is 0.368. The summed E-state index contributed by atoms with van der Waals surface area (Å²) in [5.74, 6) is -0.395. The Balaban J connectivity index is 2.67. The van der Waals surface area contributed by atoms with Gasteiger partial charge in [0.1, 0.15) is 0 Å². The zero-order valence-corrected chi connectivity index (χ0v) is 8.14. The van der Waals surface area contributed by atoms with E-state index >= 15 is 0 Å². The van der Waals surface area contributed by atoms with Gasteiger partial charge >= 0.3 is 5.97 Å². The van der Waals surface area contributed by atoms with Crippen molar-refractivity contribution >= 4 is 23.0 Å². The Morgan fingerprint density at radius 2 is 2.54 bits per heavy atom. The van der Waals surface area contributed by atoms with Crippen LogP contribution in [0.4, 0.5) is 0 Å². The van der Waals surface area contributed by atoms with Crippen LogP contribution in [0.5, 0.6) is 0 Å². The van der Waals surface area contributed by atoms with Gasteiger partial charge < -0.3 is 10.5 Å². The summed E-state index contributed by atoms with van der Waals surface area (Å²) in [7, 11) is 0. The Bertz CT molecular complexity index is 303. The van der Waals surface area contributed by atoms with E-state index in [1.807, 2.05) is 17.5 Å². The molecule has 2 N–H and O–H groups in total. The molecule has 4 heteroatoms. The van der Waals surface area contributed by atoms with E-state index in [1.54, 1.807) is 6.92 Å². The Morgan fingerprint density at radius 3 is 3.08 bits per heavy atom. The molecule has 0 saturated heterocycles. The molecule has 1 rings (SSSR count). The first-order valence-corrected chi connectivity index (χ1v) is 4.79. The largest absolute Gasteiger partial charge is 0.463 e. The average molecular weight is 197 g/mol. The van der Waals surface area contributed by atoms with Crippen molar-refractivity contribution in [3.05, 3.63) is 28.5 Å². The summed E-state index contributed by atoms with van der Waals surface area (Å²) in [5.41, 5.74) is 6.09. The SMILES string of the molecule is CCOC(=O)/C=C(\N)c1cccs1. The number of hydrogen-bond donors (Lipinski definition) is 1. The zero-order chi connectivity index (χ0) is 9.68. The molecular formula is C9H11NO2S. The second-order valence-corrected chi connectivity index (χ2v) is 3.28. The quantitative estimate of drug-likeness (QED) is 0.591. The predicted molar refractivity (Wildman–Crippen MR) is 53.1 cm³/mol. The highest BCUT2D eigenvalue weighted by molar-refractivity contribution is 7.11. The summed E-state index contributed by atoms with van der Waals surface area (Å²) in [4.78, 5) is 11.9. The fourth-order valence-electron chi connectivity index (χ4n) is 0.825. The Hall–Kier alpha value is -1.29. The Kier molecular flexibility index (Phi) is 3.52. The molecule has 0 amide bonds. The maximum Gasteiger partial charge on any atom is 0.332 e. The van der Waals surface area contributed by atoms with Crippen LogP contribution in [-0.2, 0) is 9.53 Å². The number of thiophene rings is 1. The number of esters is 1. The fraction of sp³-hybridized carbons (Fsp3) is 0.222. The molecule has 1 heterocycles. The second-order valence-electron chi connectivity index (χ2n) is 2.33. The molecule has 0 aliphatic carbocycles. The van der Waals surface area contributed by atoms with Crippen LogP contribution in [0.15, 0.2) is 23.6 Å². The Labute approximate surface area is 80.8 Å². The lowest BCUT2D eigenvalue weighted by Gasteiger charge is -1.97. The first-order chi connectivity index (χ1) is 6.24. The van der Waals surface area contributed by atoms with Gasteiger partial charge in [-0.3, -0.25) is 0 Å². The lowest BCUT2D eigenvalue weighted by Crippen LogP contribution is -2.04. The van der Waals surface area contributed by atoms with E-state index in [1.165, 1.54) is 17.4 Å². The molecule has 0 aromatic carbocycles. The third-order valence-corrected chi connectivity index (χ3v) is 2.28. The van der Waals surface area contributed by atoms with E-state index in [9.17, 15) is 4.79 Å². The van der Waals surface area contributed by atoms with Crippen LogP contribution < -0.4 is 5.73 Å². The normalized spacial score (nSPS) is 11.3. The van der Waals surface area contributed by atoms with Gasteiger partial charge in [0.05, 0.1) is 17.2 Å². The standard InChI is InChI=1S/C9H11NO2S/c1-2-12-9(11)6-7(10)8-4-3-5-13-8/h3-6H,2,10H2,1H3/b7-6-. The minimum Gasteiger partial charge on any atom is -0.463 e.